The SMILES string of the molecule is COc1cc(O)c2c(c1)C=CCCCC(=O)CC=C[C@H](C)OC2=O. The molecule has 0 amide bonds. The maximum absolute atomic E-state index is 12.4. The summed E-state index contributed by atoms with van der Waals surface area (Å²) in [5, 5.41) is 10.2. The Kier molecular flexibility index (Phi) is 6.18. The predicted octanol–water partition coefficient (Wildman–Crippen LogP) is 3.66. The number of ether oxygens (including phenoxy) is 2. The van der Waals surface area contributed by atoms with E-state index in [9.17, 15) is 14.7 Å². The van der Waals surface area contributed by atoms with Gasteiger partial charge >= 0.3 is 5.97 Å². The van der Waals surface area contributed by atoms with Crippen molar-refractivity contribution in [3.8, 4) is 11.5 Å². The van der Waals surface area contributed by atoms with Gasteiger partial charge in [-0.1, -0.05) is 18.2 Å². The van der Waals surface area contributed by atoms with Gasteiger partial charge in [0.15, 0.2) is 0 Å². The van der Waals surface area contributed by atoms with E-state index in [1.807, 2.05) is 6.08 Å². The van der Waals surface area contributed by atoms with Gasteiger partial charge in [-0.3, -0.25) is 4.79 Å². The molecule has 5 nitrogen and oxygen atoms in total. The zero-order chi connectivity index (χ0) is 17.5. The molecule has 0 radical (unpaired) electrons. The van der Waals surface area contributed by atoms with Crippen LogP contribution in [0.15, 0.2) is 30.4 Å². The number of hydrogen-bond donors (Lipinski definition) is 1. The van der Waals surface area contributed by atoms with Crippen LogP contribution in [0.1, 0.15) is 48.5 Å². The van der Waals surface area contributed by atoms with Gasteiger partial charge in [0.2, 0.25) is 0 Å². The summed E-state index contributed by atoms with van der Waals surface area (Å²) in [5.74, 6) is -0.185. The second-order valence-corrected chi connectivity index (χ2v) is 5.69. The zero-order valence-electron chi connectivity index (χ0n) is 14.0. The summed E-state index contributed by atoms with van der Waals surface area (Å²) in [6.45, 7) is 1.71. The van der Waals surface area contributed by atoms with Crippen LogP contribution in [-0.2, 0) is 9.53 Å². The van der Waals surface area contributed by atoms with Crippen LogP contribution in [0.2, 0.25) is 0 Å². The average Bonchev–Trinajstić information content (AvgIpc) is 2.53. The van der Waals surface area contributed by atoms with Gasteiger partial charge in [0, 0.05) is 18.9 Å². The van der Waals surface area contributed by atoms with Crippen LogP contribution in [0.3, 0.4) is 0 Å². The number of cyclic esters (lactones) is 1. The molecule has 1 atom stereocenters. The van der Waals surface area contributed by atoms with Crippen molar-refractivity contribution in [3.63, 3.8) is 0 Å². The first-order valence-electron chi connectivity index (χ1n) is 7.98. The fourth-order valence-electron chi connectivity index (χ4n) is 2.48. The second kappa shape index (κ2) is 8.34. The molecule has 0 aromatic heterocycles. The molecule has 1 N–H and O–H groups in total. The first kappa shape index (κ1) is 17.8. The molecule has 0 spiro atoms. The summed E-state index contributed by atoms with van der Waals surface area (Å²) >= 11 is 0. The van der Waals surface area contributed by atoms with Gasteiger partial charge in [-0.25, -0.2) is 4.79 Å². The number of phenolic OH excluding ortho intramolecular Hbond substituents is 1. The van der Waals surface area contributed by atoms with Crippen LogP contribution >= 0.6 is 0 Å². The Morgan fingerprint density at radius 2 is 2.04 bits per heavy atom. The molecule has 1 aliphatic rings. The topological polar surface area (TPSA) is 72.8 Å². The molecule has 128 valence electrons. The molecule has 5 heteroatoms. The van der Waals surface area contributed by atoms with Gasteiger partial charge in [0.05, 0.1) is 7.11 Å². The highest BCUT2D eigenvalue weighted by Gasteiger charge is 2.20. The van der Waals surface area contributed by atoms with E-state index in [-0.39, 0.29) is 17.1 Å². The Labute approximate surface area is 141 Å². The lowest BCUT2D eigenvalue weighted by atomic mass is 10.0. The van der Waals surface area contributed by atoms with E-state index in [0.717, 1.165) is 6.42 Å². The molecule has 0 saturated heterocycles. The molecule has 24 heavy (non-hydrogen) atoms. The third kappa shape index (κ3) is 4.72. The van der Waals surface area contributed by atoms with Gasteiger partial charge in [0.25, 0.3) is 0 Å². The number of ketones is 1. The third-order valence-corrected chi connectivity index (χ3v) is 3.73. The number of benzene rings is 1. The van der Waals surface area contributed by atoms with E-state index < -0.39 is 12.1 Å². The molecule has 0 bridgehead atoms. The van der Waals surface area contributed by atoms with Gasteiger partial charge in [-0.2, -0.15) is 0 Å². The predicted molar refractivity (Wildman–Crippen MR) is 91.2 cm³/mol. The smallest absolute Gasteiger partial charge is 0.343 e. The first-order valence-corrected chi connectivity index (χ1v) is 7.98. The number of esters is 1. The molecular weight excluding hydrogens is 308 g/mol. The van der Waals surface area contributed by atoms with E-state index in [4.69, 9.17) is 9.47 Å². The highest BCUT2D eigenvalue weighted by Crippen LogP contribution is 2.30. The molecule has 0 saturated carbocycles. The average molecular weight is 330 g/mol. The van der Waals surface area contributed by atoms with Crippen molar-refractivity contribution < 1.29 is 24.2 Å². The Morgan fingerprint density at radius 3 is 2.79 bits per heavy atom. The van der Waals surface area contributed by atoms with Crippen LogP contribution in [-0.4, -0.2) is 30.1 Å². The number of rotatable bonds is 1. The Balaban J connectivity index is 2.39. The lowest BCUT2D eigenvalue weighted by Crippen LogP contribution is -2.14. The van der Waals surface area contributed by atoms with Crippen molar-refractivity contribution in [3.05, 3.63) is 41.5 Å². The summed E-state index contributed by atoms with van der Waals surface area (Å²) in [6.07, 6.45) is 8.83. The normalized spacial score (nSPS) is 19.3. The van der Waals surface area contributed by atoms with Crippen molar-refractivity contribution in [2.45, 2.75) is 38.7 Å². The fourth-order valence-corrected chi connectivity index (χ4v) is 2.48. The monoisotopic (exact) mass is 330 g/mol. The van der Waals surface area contributed by atoms with E-state index in [2.05, 4.69) is 0 Å². The Morgan fingerprint density at radius 1 is 1.25 bits per heavy atom. The van der Waals surface area contributed by atoms with Crippen LogP contribution < -0.4 is 4.74 Å². The van der Waals surface area contributed by atoms with E-state index in [1.54, 1.807) is 31.2 Å². The van der Waals surface area contributed by atoms with Crippen LogP contribution in [0.5, 0.6) is 11.5 Å². The molecule has 2 rings (SSSR count). The number of methoxy groups -OCH3 is 1. The maximum atomic E-state index is 12.4. The highest BCUT2D eigenvalue weighted by atomic mass is 16.5. The van der Waals surface area contributed by atoms with Crippen LogP contribution in [0.25, 0.3) is 6.08 Å². The molecule has 1 aromatic rings. The van der Waals surface area contributed by atoms with E-state index in [0.29, 0.717) is 30.6 Å². The number of fused-ring (bicyclic) bond motifs is 1. The number of Topliss-reactive ketones (excluding diaryl/α,β-unsaturated/α-hetero) is 1. The number of allylic oxidation sites excluding steroid dienone is 2. The summed E-state index contributed by atoms with van der Waals surface area (Å²) in [6, 6.07) is 3.06. The minimum Gasteiger partial charge on any atom is -0.507 e. The van der Waals surface area contributed by atoms with Gasteiger partial charge < -0.3 is 14.6 Å². The largest absolute Gasteiger partial charge is 0.507 e. The van der Waals surface area contributed by atoms with Gasteiger partial charge in [0.1, 0.15) is 28.9 Å². The summed E-state index contributed by atoms with van der Waals surface area (Å²) in [5.41, 5.74) is 0.636. The van der Waals surface area contributed by atoms with Crippen molar-refractivity contribution in [1.82, 2.24) is 0 Å². The van der Waals surface area contributed by atoms with Crippen molar-refractivity contribution in [2.75, 3.05) is 7.11 Å². The van der Waals surface area contributed by atoms with E-state index >= 15 is 0 Å². The van der Waals surface area contributed by atoms with Crippen molar-refractivity contribution in [2.24, 2.45) is 0 Å². The lowest BCUT2D eigenvalue weighted by Gasteiger charge is -2.14. The van der Waals surface area contributed by atoms with Gasteiger partial charge in [-0.15, -0.1) is 0 Å². The quantitative estimate of drug-likeness (QED) is 0.628. The molecule has 0 fully saturated rings. The lowest BCUT2D eigenvalue weighted by molar-refractivity contribution is -0.118. The molecule has 1 aromatic carbocycles. The standard InChI is InChI=1S/C19H22O5/c1-13-7-6-10-15(20)9-5-3-4-8-14-11-16(23-2)12-17(21)18(14)19(22)24-13/h4,6-8,11-13,21H,3,5,9-10H2,1-2H3/t13-/m0/s1. The number of carbonyl (C=O) groups is 2. The second-order valence-electron chi connectivity index (χ2n) is 5.69. The van der Waals surface area contributed by atoms with Crippen LogP contribution in [0, 0.1) is 0 Å². The van der Waals surface area contributed by atoms with Gasteiger partial charge in [-0.05, 0) is 37.5 Å². The number of carbonyl (C=O) groups excluding carboxylic acids is 2. The highest BCUT2D eigenvalue weighted by molar-refractivity contribution is 5.97. The Bertz CT molecular complexity index is 673. The van der Waals surface area contributed by atoms with Crippen molar-refractivity contribution in [1.29, 1.82) is 0 Å². The summed E-state index contributed by atoms with van der Waals surface area (Å²) in [4.78, 5) is 24.1. The third-order valence-electron chi connectivity index (χ3n) is 3.73. The zero-order valence-corrected chi connectivity index (χ0v) is 14.0. The minimum atomic E-state index is -0.615. The number of aromatic hydroxyl groups is 1. The molecule has 1 heterocycles. The molecule has 0 unspecified atom stereocenters. The summed E-state index contributed by atoms with van der Waals surface area (Å²) in [7, 11) is 1.49. The Hall–Kier alpha value is -2.56. The molecule has 1 aliphatic heterocycles. The first-order chi connectivity index (χ1) is 11.5. The summed E-state index contributed by atoms with van der Waals surface area (Å²) < 4.78 is 10.5. The number of phenols is 1. The molecular formula is C19H22O5. The maximum Gasteiger partial charge on any atom is 0.343 e. The fraction of sp³-hybridized carbons (Fsp3) is 0.368. The minimum absolute atomic E-state index is 0.112. The van der Waals surface area contributed by atoms with E-state index in [1.165, 1.54) is 13.2 Å². The molecule has 0 aliphatic carbocycles. The number of hydrogen-bond acceptors (Lipinski definition) is 5. The van der Waals surface area contributed by atoms with Crippen LogP contribution in [0.4, 0.5) is 0 Å². The van der Waals surface area contributed by atoms with Crippen molar-refractivity contribution >= 4 is 17.8 Å².